The van der Waals surface area contributed by atoms with Crippen LogP contribution in [0.3, 0.4) is 0 Å². The van der Waals surface area contributed by atoms with Gasteiger partial charge in [-0.1, -0.05) is 20.8 Å². The maximum Gasteiger partial charge on any atom is 0.302 e. The van der Waals surface area contributed by atoms with Crippen molar-refractivity contribution in [3.05, 3.63) is 0 Å². The zero-order valence-corrected chi connectivity index (χ0v) is 13.1. The minimum atomic E-state index is -1.68. The Kier molecular flexibility index (Phi) is 7.06. The molecule has 0 heterocycles. The number of hydrogen-bond donors (Lipinski definition) is 1. The molecule has 0 rings (SSSR count). The van der Waals surface area contributed by atoms with Gasteiger partial charge < -0.3 is 14.6 Å². The highest BCUT2D eigenvalue weighted by atomic mass is 16.5. The molecule has 1 unspecified atom stereocenters. The third-order valence-corrected chi connectivity index (χ3v) is 2.99. The van der Waals surface area contributed by atoms with Crippen molar-refractivity contribution >= 4 is 17.5 Å². The van der Waals surface area contributed by atoms with Crippen LogP contribution >= 0.6 is 0 Å². The number of aliphatic hydroxyl groups is 1. The standard InChI is InChI=1S/C15H26O5/c1-11(16)8-6-7-9-15(19,10-20-12(2)17)13(18)14(3,4)5/h19H,6-10H2,1-5H3. The van der Waals surface area contributed by atoms with E-state index in [2.05, 4.69) is 0 Å². The van der Waals surface area contributed by atoms with Gasteiger partial charge in [-0.05, 0) is 26.2 Å². The summed E-state index contributed by atoms with van der Waals surface area (Å²) in [6.07, 6.45) is 1.74. The number of hydrogen-bond acceptors (Lipinski definition) is 5. The van der Waals surface area contributed by atoms with Crippen LogP contribution in [0, 0.1) is 5.41 Å². The van der Waals surface area contributed by atoms with Crippen LogP contribution in [0.4, 0.5) is 0 Å². The Hall–Kier alpha value is -1.23. The summed E-state index contributed by atoms with van der Waals surface area (Å²) in [4.78, 5) is 34.1. The molecule has 0 radical (unpaired) electrons. The van der Waals surface area contributed by atoms with Crippen LogP contribution in [-0.2, 0) is 19.1 Å². The van der Waals surface area contributed by atoms with Gasteiger partial charge in [-0.3, -0.25) is 9.59 Å². The molecule has 0 amide bonds. The van der Waals surface area contributed by atoms with Gasteiger partial charge in [0.15, 0.2) is 11.4 Å². The molecule has 5 heteroatoms. The van der Waals surface area contributed by atoms with Gasteiger partial charge in [0.2, 0.25) is 0 Å². The lowest BCUT2D eigenvalue weighted by Gasteiger charge is -2.32. The van der Waals surface area contributed by atoms with E-state index in [4.69, 9.17) is 4.74 Å². The zero-order valence-electron chi connectivity index (χ0n) is 13.1. The van der Waals surface area contributed by atoms with Gasteiger partial charge in [-0.25, -0.2) is 0 Å². The average molecular weight is 286 g/mol. The molecule has 0 saturated carbocycles. The summed E-state index contributed by atoms with van der Waals surface area (Å²) in [6, 6.07) is 0. The number of ketones is 2. The van der Waals surface area contributed by atoms with Crippen molar-refractivity contribution in [1.82, 2.24) is 0 Å². The summed E-state index contributed by atoms with van der Waals surface area (Å²) in [6.45, 7) is 7.54. The van der Waals surface area contributed by atoms with Crippen molar-refractivity contribution in [3.63, 3.8) is 0 Å². The fraction of sp³-hybridized carbons (Fsp3) is 0.800. The SMILES string of the molecule is CC(=O)CCCCC(O)(COC(C)=O)C(=O)C(C)(C)C. The highest BCUT2D eigenvalue weighted by Crippen LogP contribution is 2.28. The van der Waals surface area contributed by atoms with Crippen molar-refractivity contribution < 1.29 is 24.2 Å². The molecule has 0 bridgehead atoms. The van der Waals surface area contributed by atoms with E-state index in [-0.39, 0.29) is 24.6 Å². The Morgan fingerprint density at radius 2 is 1.60 bits per heavy atom. The number of rotatable bonds is 8. The fourth-order valence-electron chi connectivity index (χ4n) is 1.96. The molecule has 0 spiro atoms. The third-order valence-electron chi connectivity index (χ3n) is 2.99. The highest BCUT2D eigenvalue weighted by Gasteiger charge is 2.42. The molecule has 1 N–H and O–H groups in total. The molecular weight excluding hydrogens is 260 g/mol. The molecule has 0 aliphatic heterocycles. The van der Waals surface area contributed by atoms with Gasteiger partial charge in [0.05, 0.1) is 0 Å². The summed E-state index contributed by atoms with van der Waals surface area (Å²) in [7, 11) is 0. The maximum absolute atomic E-state index is 12.3. The molecule has 0 saturated heterocycles. The van der Waals surface area contributed by atoms with E-state index in [1.807, 2.05) is 0 Å². The van der Waals surface area contributed by atoms with Gasteiger partial charge in [0.25, 0.3) is 0 Å². The lowest BCUT2D eigenvalue weighted by Crippen LogP contribution is -2.49. The molecule has 20 heavy (non-hydrogen) atoms. The van der Waals surface area contributed by atoms with Crippen molar-refractivity contribution in [1.29, 1.82) is 0 Å². The first-order valence-electron chi connectivity index (χ1n) is 6.89. The van der Waals surface area contributed by atoms with Crippen LogP contribution in [0.15, 0.2) is 0 Å². The van der Waals surface area contributed by atoms with Gasteiger partial charge in [-0.2, -0.15) is 0 Å². The topological polar surface area (TPSA) is 80.7 Å². The van der Waals surface area contributed by atoms with E-state index in [1.54, 1.807) is 20.8 Å². The summed E-state index contributed by atoms with van der Waals surface area (Å²) < 4.78 is 4.82. The van der Waals surface area contributed by atoms with Gasteiger partial charge in [-0.15, -0.1) is 0 Å². The van der Waals surface area contributed by atoms with Crippen molar-refractivity contribution in [2.75, 3.05) is 6.61 Å². The van der Waals surface area contributed by atoms with E-state index >= 15 is 0 Å². The smallest absolute Gasteiger partial charge is 0.302 e. The monoisotopic (exact) mass is 286 g/mol. The maximum atomic E-state index is 12.3. The second kappa shape index (κ2) is 7.53. The predicted molar refractivity (Wildman–Crippen MR) is 75.2 cm³/mol. The molecule has 0 aliphatic rings. The van der Waals surface area contributed by atoms with Crippen molar-refractivity contribution in [3.8, 4) is 0 Å². The molecule has 1 atom stereocenters. The first-order chi connectivity index (χ1) is 8.99. The largest absolute Gasteiger partial charge is 0.462 e. The Morgan fingerprint density at radius 1 is 1.05 bits per heavy atom. The molecular formula is C15H26O5. The summed E-state index contributed by atoms with van der Waals surface area (Å²) in [5.41, 5.74) is -2.41. The number of carbonyl (C=O) groups excluding carboxylic acids is 3. The Balaban J connectivity index is 4.74. The number of esters is 1. The lowest BCUT2D eigenvalue weighted by molar-refractivity contribution is -0.161. The number of carbonyl (C=O) groups is 3. The van der Waals surface area contributed by atoms with Crippen LogP contribution in [0.5, 0.6) is 0 Å². The molecule has 0 aliphatic carbocycles. The summed E-state index contributed by atoms with van der Waals surface area (Å²) >= 11 is 0. The Bertz CT molecular complexity index is 367. The third kappa shape index (κ3) is 6.80. The Labute approximate surface area is 120 Å². The first kappa shape index (κ1) is 18.8. The van der Waals surface area contributed by atoms with Crippen LogP contribution < -0.4 is 0 Å². The predicted octanol–water partition coefficient (Wildman–Crippen LogP) is 2.05. The van der Waals surface area contributed by atoms with E-state index in [0.717, 1.165) is 0 Å². The highest BCUT2D eigenvalue weighted by molar-refractivity contribution is 5.91. The first-order valence-corrected chi connectivity index (χ1v) is 6.89. The fourth-order valence-corrected chi connectivity index (χ4v) is 1.96. The molecule has 0 aromatic rings. The number of unbranched alkanes of at least 4 members (excludes halogenated alkanes) is 1. The van der Waals surface area contributed by atoms with Crippen LogP contribution in [0.2, 0.25) is 0 Å². The normalized spacial score (nSPS) is 14.5. The quantitative estimate of drug-likeness (QED) is 0.545. The van der Waals surface area contributed by atoms with Crippen molar-refractivity contribution in [2.24, 2.45) is 5.41 Å². The molecule has 0 aromatic carbocycles. The molecule has 0 fully saturated rings. The van der Waals surface area contributed by atoms with E-state index < -0.39 is 17.0 Å². The van der Waals surface area contributed by atoms with Crippen molar-refractivity contribution in [2.45, 2.75) is 65.9 Å². The second-order valence-electron chi connectivity index (χ2n) is 6.30. The minimum Gasteiger partial charge on any atom is -0.462 e. The van der Waals surface area contributed by atoms with Gasteiger partial charge in [0, 0.05) is 18.8 Å². The van der Waals surface area contributed by atoms with Crippen LogP contribution in [-0.4, -0.2) is 34.9 Å². The molecule has 5 nitrogen and oxygen atoms in total. The average Bonchev–Trinajstić information content (AvgIpc) is 2.30. The number of ether oxygens (including phenoxy) is 1. The zero-order chi connectivity index (χ0) is 16.0. The summed E-state index contributed by atoms with van der Waals surface area (Å²) in [5.74, 6) is -0.807. The second-order valence-corrected chi connectivity index (χ2v) is 6.30. The van der Waals surface area contributed by atoms with E-state index in [1.165, 1.54) is 13.8 Å². The molecule has 116 valence electrons. The van der Waals surface area contributed by atoms with Gasteiger partial charge in [0.1, 0.15) is 12.4 Å². The van der Waals surface area contributed by atoms with Gasteiger partial charge >= 0.3 is 5.97 Å². The van der Waals surface area contributed by atoms with Crippen LogP contribution in [0.25, 0.3) is 0 Å². The number of Topliss-reactive ketones (excluding diaryl/α,β-unsaturated/α-hetero) is 2. The van der Waals surface area contributed by atoms with E-state index in [9.17, 15) is 19.5 Å². The Morgan fingerprint density at radius 3 is 2.00 bits per heavy atom. The minimum absolute atomic E-state index is 0.0793. The summed E-state index contributed by atoms with van der Waals surface area (Å²) in [5, 5.41) is 10.5. The lowest BCUT2D eigenvalue weighted by atomic mass is 9.78. The molecule has 0 aromatic heterocycles. The van der Waals surface area contributed by atoms with E-state index in [0.29, 0.717) is 19.3 Å². The van der Waals surface area contributed by atoms with Crippen LogP contribution in [0.1, 0.15) is 60.3 Å².